The molecule has 0 N–H and O–H groups in total. The first-order valence-electron chi connectivity index (χ1n) is 11.3. The Hall–Kier alpha value is -2.46. The zero-order valence-electron chi connectivity index (χ0n) is 19.0. The molecule has 2 aliphatic heterocycles. The number of likely N-dealkylation sites (tertiary alicyclic amines) is 1. The van der Waals surface area contributed by atoms with Crippen LogP contribution in [0.1, 0.15) is 51.1 Å². The van der Waals surface area contributed by atoms with Gasteiger partial charge in [0.15, 0.2) is 0 Å². The molecule has 0 saturated carbocycles. The molecule has 2 fully saturated rings. The first-order chi connectivity index (χ1) is 15.6. The van der Waals surface area contributed by atoms with Gasteiger partial charge in [0.05, 0.1) is 23.8 Å². The number of amides is 1. The Morgan fingerprint density at radius 2 is 1.82 bits per heavy atom. The van der Waals surface area contributed by atoms with Gasteiger partial charge in [-0.05, 0) is 58.8 Å². The van der Waals surface area contributed by atoms with Crippen molar-refractivity contribution in [3.63, 3.8) is 0 Å². The Labute approximate surface area is 190 Å². The number of nitrogens with zero attached hydrogens (tertiary/aromatic N) is 4. The Morgan fingerprint density at radius 3 is 2.45 bits per heavy atom. The monoisotopic (exact) mass is 466 g/mol. The van der Waals surface area contributed by atoms with E-state index in [1.54, 1.807) is 0 Å². The van der Waals surface area contributed by atoms with Gasteiger partial charge in [-0.25, -0.2) is 0 Å². The van der Waals surface area contributed by atoms with Crippen LogP contribution in [-0.2, 0) is 15.7 Å². The van der Waals surface area contributed by atoms with Gasteiger partial charge >= 0.3 is 6.18 Å². The standard InChI is InChI=1S/C23H29F3N4O3/c1-14-12-30(13-15(2)32-14)22(31)17-7-9-29(10-8-17)16(3)21-27-20(28-33-21)18-5-4-6-19(11-18)23(24,25)26/h4-6,11,14-17H,7-10,12-13H2,1-3H3. The van der Waals surface area contributed by atoms with E-state index in [2.05, 4.69) is 15.0 Å². The summed E-state index contributed by atoms with van der Waals surface area (Å²) in [5.74, 6) is 0.648. The van der Waals surface area contributed by atoms with E-state index in [1.807, 2.05) is 25.7 Å². The quantitative estimate of drug-likeness (QED) is 0.674. The van der Waals surface area contributed by atoms with Gasteiger partial charge < -0.3 is 14.2 Å². The highest BCUT2D eigenvalue weighted by atomic mass is 19.4. The number of alkyl halides is 3. The predicted molar refractivity (Wildman–Crippen MR) is 114 cm³/mol. The number of ether oxygens (including phenoxy) is 1. The molecule has 3 unspecified atom stereocenters. The molecule has 7 nitrogen and oxygen atoms in total. The molecule has 2 aliphatic rings. The molecule has 4 rings (SSSR count). The van der Waals surface area contributed by atoms with Crippen molar-refractivity contribution in [1.29, 1.82) is 0 Å². The van der Waals surface area contributed by atoms with Crippen molar-refractivity contribution >= 4 is 5.91 Å². The first-order valence-corrected chi connectivity index (χ1v) is 11.3. The first kappa shape index (κ1) is 23.7. The van der Waals surface area contributed by atoms with Crippen LogP contribution in [0.4, 0.5) is 13.2 Å². The molecule has 1 amide bonds. The van der Waals surface area contributed by atoms with Crippen LogP contribution >= 0.6 is 0 Å². The molecule has 2 aromatic rings. The van der Waals surface area contributed by atoms with Gasteiger partial charge in [-0.3, -0.25) is 9.69 Å². The van der Waals surface area contributed by atoms with Crippen LogP contribution in [0, 0.1) is 5.92 Å². The maximum absolute atomic E-state index is 13.0. The summed E-state index contributed by atoms with van der Waals surface area (Å²) in [6.45, 7) is 8.55. The van der Waals surface area contributed by atoms with Gasteiger partial charge in [-0.15, -0.1) is 0 Å². The smallest absolute Gasteiger partial charge is 0.372 e. The number of carbonyl (C=O) groups is 1. The van der Waals surface area contributed by atoms with E-state index in [4.69, 9.17) is 9.26 Å². The molecule has 10 heteroatoms. The molecule has 2 saturated heterocycles. The second kappa shape index (κ2) is 9.42. The topological polar surface area (TPSA) is 71.7 Å². The summed E-state index contributed by atoms with van der Waals surface area (Å²) in [5, 5.41) is 3.89. The molecular formula is C23H29F3N4O3. The Bertz CT molecular complexity index is 962. The van der Waals surface area contributed by atoms with Gasteiger partial charge in [0.25, 0.3) is 0 Å². The number of halogens is 3. The summed E-state index contributed by atoms with van der Waals surface area (Å²) >= 11 is 0. The number of hydrogen-bond acceptors (Lipinski definition) is 6. The molecule has 0 spiro atoms. The molecule has 1 aromatic heterocycles. The van der Waals surface area contributed by atoms with Crippen LogP contribution in [0.3, 0.4) is 0 Å². The third-order valence-electron chi connectivity index (χ3n) is 6.41. The molecule has 0 aliphatic carbocycles. The fourth-order valence-corrected chi connectivity index (χ4v) is 4.66. The molecule has 180 valence electrons. The van der Waals surface area contributed by atoms with E-state index in [9.17, 15) is 18.0 Å². The minimum atomic E-state index is -4.44. The SMILES string of the molecule is CC1CN(C(=O)C2CCN(C(C)c3nc(-c4cccc(C(F)(F)F)c4)no3)CC2)CC(C)O1. The van der Waals surface area contributed by atoms with Crippen molar-refractivity contribution in [2.24, 2.45) is 5.92 Å². The van der Waals surface area contributed by atoms with E-state index in [0.29, 0.717) is 32.1 Å². The molecule has 0 bridgehead atoms. The van der Waals surface area contributed by atoms with Crippen LogP contribution in [0.2, 0.25) is 0 Å². The maximum atomic E-state index is 13.0. The number of morpholine rings is 1. The normalized spacial score (nSPS) is 24.1. The van der Waals surface area contributed by atoms with Gasteiger partial charge in [0, 0.05) is 24.6 Å². The molecule has 3 atom stereocenters. The lowest BCUT2D eigenvalue weighted by molar-refractivity contribution is -0.149. The fraction of sp³-hybridized carbons (Fsp3) is 0.609. The summed E-state index contributed by atoms with van der Waals surface area (Å²) < 4.78 is 50.1. The Balaban J connectivity index is 1.36. The maximum Gasteiger partial charge on any atom is 0.416 e. The minimum absolute atomic E-state index is 0.0192. The van der Waals surface area contributed by atoms with Crippen LogP contribution in [-0.4, -0.2) is 64.2 Å². The van der Waals surface area contributed by atoms with Gasteiger partial charge in [0.1, 0.15) is 0 Å². The molecule has 33 heavy (non-hydrogen) atoms. The van der Waals surface area contributed by atoms with Crippen LogP contribution in [0.25, 0.3) is 11.4 Å². The highest BCUT2D eigenvalue weighted by Gasteiger charge is 2.35. The number of benzene rings is 1. The van der Waals surface area contributed by atoms with Gasteiger partial charge in [-0.2, -0.15) is 18.2 Å². The number of aromatic nitrogens is 2. The number of hydrogen-bond donors (Lipinski definition) is 0. The average molecular weight is 467 g/mol. The lowest BCUT2D eigenvalue weighted by Gasteiger charge is -2.39. The third kappa shape index (κ3) is 5.38. The summed E-state index contributed by atoms with van der Waals surface area (Å²) in [5.41, 5.74) is -0.500. The number of piperidine rings is 1. The van der Waals surface area contributed by atoms with E-state index in [1.165, 1.54) is 12.1 Å². The highest BCUT2D eigenvalue weighted by molar-refractivity contribution is 5.79. The summed E-state index contributed by atoms with van der Waals surface area (Å²) in [4.78, 5) is 21.4. The molecule has 0 radical (unpaired) electrons. The lowest BCUT2D eigenvalue weighted by Crippen LogP contribution is -2.51. The summed E-state index contributed by atoms with van der Waals surface area (Å²) in [6.07, 6.45) is -2.88. The predicted octanol–water partition coefficient (Wildman–Crippen LogP) is 4.16. The molecular weight excluding hydrogens is 437 g/mol. The van der Waals surface area contributed by atoms with Crippen LogP contribution in [0.15, 0.2) is 28.8 Å². The minimum Gasteiger partial charge on any atom is -0.372 e. The van der Waals surface area contributed by atoms with Gasteiger partial charge in [-0.1, -0.05) is 17.3 Å². The van der Waals surface area contributed by atoms with Gasteiger partial charge in [0.2, 0.25) is 17.6 Å². The zero-order chi connectivity index (χ0) is 23.8. The van der Waals surface area contributed by atoms with Crippen molar-refractivity contribution in [3.8, 4) is 11.4 Å². The average Bonchev–Trinajstić information content (AvgIpc) is 3.27. The highest BCUT2D eigenvalue weighted by Crippen LogP contribution is 2.32. The second-order valence-electron chi connectivity index (χ2n) is 9.02. The molecule has 1 aromatic carbocycles. The Kier molecular flexibility index (Phi) is 6.76. The Morgan fingerprint density at radius 1 is 1.15 bits per heavy atom. The van der Waals surface area contributed by atoms with Crippen molar-refractivity contribution in [3.05, 3.63) is 35.7 Å². The van der Waals surface area contributed by atoms with E-state index in [0.717, 1.165) is 25.0 Å². The summed E-state index contributed by atoms with van der Waals surface area (Å²) in [7, 11) is 0. The van der Waals surface area contributed by atoms with Crippen molar-refractivity contribution < 1.29 is 27.2 Å². The fourth-order valence-electron chi connectivity index (χ4n) is 4.66. The molecule has 3 heterocycles. The number of rotatable bonds is 4. The van der Waals surface area contributed by atoms with Crippen LogP contribution in [0.5, 0.6) is 0 Å². The van der Waals surface area contributed by atoms with E-state index >= 15 is 0 Å². The van der Waals surface area contributed by atoms with E-state index < -0.39 is 11.7 Å². The number of carbonyl (C=O) groups excluding carboxylic acids is 1. The second-order valence-corrected chi connectivity index (χ2v) is 9.02. The summed E-state index contributed by atoms with van der Waals surface area (Å²) in [6, 6.07) is 4.69. The van der Waals surface area contributed by atoms with Crippen molar-refractivity contribution in [2.75, 3.05) is 26.2 Å². The third-order valence-corrected chi connectivity index (χ3v) is 6.41. The van der Waals surface area contributed by atoms with Crippen molar-refractivity contribution in [2.45, 2.75) is 58.0 Å². The van der Waals surface area contributed by atoms with Crippen molar-refractivity contribution in [1.82, 2.24) is 19.9 Å². The van der Waals surface area contributed by atoms with Crippen LogP contribution < -0.4 is 0 Å². The van der Waals surface area contributed by atoms with E-state index in [-0.39, 0.29) is 41.5 Å². The zero-order valence-corrected chi connectivity index (χ0v) is 19.0. The lowest BCUT2D eigenvalue weighted by atomic mass is 9.94. The largest absolute Gasteiger partial charge is 0.416 e.